The first kappa shape index (κ1) is 22.9. The molecule has 0 radical (unpaired) electrons. The van der Waals surface area contributed by atoms with Crippen molar-refractivity contribution in [2.75, 3.05) is 13.2 Å². The van der Waals surface area contributed by atoms with Crippen LogP contribution < -0.4 is 0 Å². The Labute approximate surface area is 160 Å². The largest absolute Gasteiger partial charge is 0.444 e. The molecule has 0 aromatic heterocycles. The number of aliphatic hydroxyl groups excluding tert-OH is 1. The number of hydrogen-bond donors (Lipinski definition) is 1. The predicted molar refractivity (Wildman–Crippen MR) is 109 cm³/mol. The molecule has 1 rings (SSSR count). The van der Waals surface area contributed by atoms with Crippen molar-refractivity contribution in [3.63, 3.8) is 0 Å². The minimum Gasteiger partial charge on any atom is -0.444 e. The lowest BCUT2D eigenvalue weighted by atomic mass is 9.95. The summed E-state index contributed by atoms with van der Waals surface area (Å²) in [6.07, 6.45) is 0.703. The van der Waals surface area contributed by atoms with Crippen molar-refractivity contribution in [3.8, 4) is 0 Å². The van der Waals surface area contributed by atoms with Crippen molar-refractivity contribution in [3.05, 3.63) is 23.8 Å². The molecule has 0 fully saturated rings. The first-order chi connectivity index (χ1) is 11.5. The van der Waals surface area contributed by atoms with E-state index in [-0.39, 0.29) is 17.6 Å². The third-order valence-corrected chi connectivity index (χ3v) is 9.54. The van der Waals surface area contributed by atoms with Gasteiger partial charge in [0, 0.05) is 0 Å². The second-order valence-corrected chi connectivity index (χ2v) is 14.5. The van der Waals surface area contributed by atoms with E-state index in [4.69, 9.17) is 9.16 Å². The Balaban J connectivity index is 3.08. The molecule has 0 aromatic rings. The van der Waals surface area contributed by atoms with E-state index < -0.39 is 26.1 Å². The normalized spacial score (nSPS) is 22.1. The van der Waals surface area contributed by atoms with E-state index in [1.54, 1.807) is 4.90 Å². The molecule has 1 amide bonds. The molecule has 1 aliphatic heterocycles. The van der Waals surface area contributed by atoms with Gasteiger partial charge in [0.2, 0.25) is 0 Å². The summed E-state index contributed by atoms with van der Waals surface area (Å²) in [5, 5.41) is 10.5. The van der Waals surface area contributed by atoms with Crippen LogP contribution in [-0.2, 0) is 9.16 Å². The molecular weight excluding hydrogens is 346 g/mol. The van der Waals surface area contributed by atoms with E-state index in [0.29, 0.717) is 6.61 Å². The van der Waals surface area contributed by atoms with Crippen molar-refractivity contribution in [2.45, 2.75) is 84.3 Å². The first-order valence-electron chi connectivity index (χ1n) is 9.24. The average Bonchev–Trinajstić information content (AvgIpc) is 2.42. The predicted octanol–water partition coefficient (Wildman–Crippen LogP) is 4.49. The Bertz CT molecular complexity index is 569. The molecule has 0 aromatic carbocycles. The molecular formula is C20H37NO4Si. The molecule has 0 unspecified atom stereocenters. The molecule has 2 atom stereocenters. The van der Waals surface area contributed by atoms with Crippen LogP contribution in [0.25, 0.3) is 0 Å². The third kappa shape index (κ3) is 5.96. The fourth-order valence-corrected chi connectivity index (χ4v) is 3.45. The lowest BCUT2D eigenvalue weighted by molar-refractivity contribution is 0.00308. The fourth-order valence-electron chi connectivity index (χ4n) is 2.43. The summed E-state index contributed by atoms with van der Waals surface area (Å²) in [6.45, 7) is 22.8. The van der Waals surface area contributed by atoms with E-state index in [9.17, 15) is 9.90 Å². The molecule has 6 heteroatoms. The summed E-state index contributed by atoms with van der Waals surface area (Å²) >= 11 is 0. The Hall–Kier alpha value is -1.11. The van der Waals surface area contributed by atoms with Gasteiger partial charge in [-0.25, -0.2) is 4.79 Å². The van der Waals surface area contributed by atoms with Crippen LogP contribution in [0.3, 0.4) is 0 Å². The molecule has 1 heterocycles. The van der Waals surface area contributed by atoms with Gasteiger partial charge in [-0.2, -0.15) is 0 Å². The monoisotopic (exact) mass is 383 g/mol. The first-order valence-corrected chi connectivity index (χ1v) is 12.2. The van der Waals surface area contributed by atoms with Gasteiger partial charge in [-0.15, -0.1) is 0 Å². The molecule has 0 saturated heterocycles. The molecule has 5 nitrogen and oxygen atoms in total. The number of hydrogen-bond acceptors (Lipinski definition) is 4. The average molecular weight is 384 g/mol. The number of aliphatic hydroxyl groups is 1. The van der Waals surface area contributed by atoms with E-state index in [1.165, 1.54) is 0 Å². The summed E-state index contributed by atoms with van der Waals surface area (Å²) < 4.78 is 11.9. The number of nitrogens with zero attached hydrogens (tertiary/aromatic N) is 1. The minimum atomic E-state index is -1.96. The van der Waals surface area contributed by atoms with Gasteiger partial charge in [-0.3, -0.25) is 4.90 Å². The van der Waals surface area contributed by atoms with Crippen molar-refractivity contribution in [2.24, 2.45) is 0 Å². The van der Waals surface area contributed by atoms with Crippen LogP contribution in [0.15, 0.2) is 23.8 Å². The Morgan fingerprint density at radius 2 is 1.85 bits per heavy atom. The minimum absolute atomic E-state index is 0.0822. The van der Waals surface area contributed by atoms with Crippen LogP contribution >= 0.6 is 0 Å². The maximum atomic E-state index is 12.7. The second kappa shape index (κ2) is 7.86. The van der Waals surface area contributed by atoms with Crippen molar-refractivity contribution >= 4 is 14.4 Å². The molecule has 0 spiro atoms. The zero-order chi connectivity index (χ0) is 20.5. The van der Waals surface area contributed by atoms with E-state index in [1.807, 2.05) is 33.8 Å². The molecule has 0 bridgehead atoms. The van der Waals surface area contributed by atoms with Crippen molar-refractivity contribution in [1.82, 2.24) is 4.90 Å². The zero-order valence-electron chi connectivity index (χ0n) is 18.0. The number of amides is 1. The van der Waals surface area contributed by atoms with E-state index in [0.717, 1.165) is 11.1 Å². The molecule has 1 N–H and O–H groups in total. The molecule has 0 saturated carbocycles. The van der Waals surface area contributed by atoms with Gasteiger partial charge in [0.15, 0.2) is 8.32 Å². The number of rotatable bonds is 4. The highest BCUT2D eigenvalue weighted by atomic mass is 28.4. The van der Waals surface area contributed by atoms with Gasteiger partial charge < -0.3 is 14.3 Å². The highest BCUT2D eigenvalue weighted by Crippen LogP contribution is 2.37. The van der Waals surface area contributed by atoms with Gasteiger partial charge in [0.05, 0.1) is 25.3 Å². The van der Waals surface area contributed by atoms with Crippen LogP contribution in [-0.4, -0.2) is 55.3 Å². The maximum Gasteiger partial charge on any atom is 0.410 e. The lowest BCUT2D eigenvalue weighted by Gasteiger charge is -2.41. The van der Waals surface area contributed by atoms with Gasteiger partial charge in [-0.1, -0.05) is 39.0 Å². The molecule has 150 valence electrons. The number of carbonyl (C=O) groups excluding carboxylic acids is 1. The highest BCUT2D eigenvalue weighted by Gasteiger charge is 2.40. The van der Waals surface area contributed by atoms with Crippen LogP contribution in [0, 0.1) is 0 Å². The van der Waals surface area contributed by atoms with Crippen LogP contribution in [0.1, 0.15) is 48.5 Å². The maximum absolute atomic E-state index is 12.7. The molecule has 26 heavy (non-hydrogen) atoms. The van der Waals surface area contributed by atoms with Crippen LogP contribution in [0.5, 0.6) is 0 Å². The van der Waals surface area contributed by atoms with Crippen molar-refractivity contribution in [1.29, 1.82) is 0 Å². The van der Waals surface area contributed by atoms with E-state index in [2.05, 4.69) is 40.4 Å². The Morgan fingerprint density at radius 1 is 1.31 bits per heavy atom. The summed E-state index contributed by atoms with van der Waals surface area (Å²) in [5.74, 6) is 0. The lowest BCUT2D eigenvalue weighted by Crippen LogP contribution is -2.53. The van der Waals surface area contributed by atoms with Gasteiger partial charge in [-0.05, 0) is 51.4 Å². The summed E-state index contributed by atoms with van der Waals surface area (Å²) in [6, 6.07) is -0.283. The van der Waals surface area contributed by atoms with Crippen LogP contribution in [0.4, 0.5) is 4.79 Å². The summed E-state index contributed by atoms with van der Waals surface area (Å²) in [5.41, 5.74) is 0.984. The Morgan fingerprint density at radius 3 is 2.27 bits per heavy atom. The summed E-state index contributed by atoms with van der Waals surface area (Å²) in [4.78, 5) is 14.2. The Kier molecular flexibility index (Phi) is 6.94. The standard InChI is InChI=1S/C20H37NO4Si/c1-14(2)16-11-15(13-24-26(9,10)20(6,7)8)21(12-17(16)22)18(23)25-19(3,4)5/h11,15,17,22H,1,12-13H2,2-10H3/t15-,17+/m0/s1. The topological polar surface area (TPSA) is 59.0 Å². The zero-order valence-corrected chi connectivity index (χ0v) is 19.0. The SMILES string of the molecule is C=C(C)C1=C[C@@H](CO[Si](C)(C)C(C)(C)C)N(C(=O)OC(C)(C)C)C[C@H]1O. The number of ether oxygens (including phenoxy) is 1. The quantitative estimate of drug-likeness (QED) is 0.727. The highest BCUT2D eigenvalue weighted by molar-refractivity contribution is 6.74. The third-order valence-electron chi connectivity index (χ3n) is 5.04. The van der Waals surface area contributed by atoms with Gasteiger partial charge >= 0.3 is 6.09 Å². The van der Waals surface area contributed by atoms with Gasteiger partial charge in [0.25, 0.3) is 0 Å². The second-order valence-electron chi connectivity index (χ2n) is 9.69. The number of carbonyl (C=O) groups is 1. The fraction of sp³-hybridized carbons (Fsp3) is 0.750. The number of β-amino-alcohol motifs (C(OH)–C–C–N with tert-alkyl or cyclic N) is 1. The molecule has 1 aliphatic rings. The smallest absolute Gasteiger partial charge is 0.410 e. The van der Waals surface area contributed by atoms with Crippen LogP contribution in [0.2, 0.25) is 18.1 Å². The van der Waals surface area contributed by atoms with Gasteiger partial charge in [0.1, 0.15) is 5.60 Å². The van der Waals surface area contributed by atoms with Crippen molar-refractivity contribution < 1.29 is 19.1 Å². The molecule has 0 aliphatic carbocycles. The summed E-state index contributed by atoms with van der Waals surface area (Å²) in [7, 11) is -1.96. The van der Waals surface area contributed by atoms with E-state index >= 15 is 0 Å².